The number of allylic oxidation sites excluding steroid dienone is 2. The fraction of sp³-hybridized carbons (Fsp3) is 0.0741. The largest absolute Gasteiger partial charge is 0.399 e. The summed E-state index contributed by atoms with van der Waals surface area (Å²) in [5, 5.41) is 1.02. The lowest BCUT2D eigenvalue weighted by Crippen LogP contribution is -2.36. The number of rotatable bonds is 2. The lowest BCUT2D eigenvalue weighted by atomic mass is 9.87. The molecule has 0 fully saturated rings. The zero-order chi connectivity index (χ0) is 21.3. The van der Waals surface area contributed by atoms with Gasteiger partial charge in [-0.05, 0) is 54.0 Å². The van der Waals surface area contributed by atoms with Crippen LogP contribution in [-0.4, -0.2) is 10.5 Å². The first-order valence-corrected chi connectivity index (χ1v) is 10.9. The van der Waals surface area contributed by atoms with Crippen LogP contribution in [0.15, 0.2) is 91.0 Å². The Bertz CT molecular complexity index is 1330. The van der Waals surface area contributed by atoms with Crippen LogP contribution in [0.4, 0.5) is 5.69 Å². The fourth-order valence-corrected chi connectivity index (χ4v) is 4.49. The molecule has 1 atom stereocenters. The highest BCUT2D eigenvalue weighted by atomic mass is 32.1. The second-order valence-corrected chi connectivity index (χ2v) is 8.70. The molecule has 0 bridgehead atoms. The fourth-order valence-electron chi connectivity index (χ4n) is 3.52. The molecule has 0 amide bonds. The molecule has 4 heteroatoms. The molecule has 0 spiro atoms. The minimum atomic E-state index is -0.664. The number of hydrogen-bond donors (Lipinski definition) is 2. The van der Waals surface area contributed by atoms with Crippen LogP contribution in [0.5, 0.6) is 0 Å². The van der Waals surface area contributed by atoms with Crippen LogP contribution < -0.4 is 11.5 Å². The molecule has 3 aromatic carbocycles. The van der Waals surface area contributed by atoms with Crippen molar-refractivity contribution >= 4 is 32.8 Å². The molecule has 31 heavy (non-hydrogen) atoms. The van der Waals surface area contributed by atoms with Crippen molar-refractivity contribution in [2.45, 2.75) is 12.0 Å². The van der Waals surface area contributed by atoms with Crippen LogP contribution in [0.3, 0.4) is 0 Å². The van der Waals surface area contributed by atoms with Crippen molar-refractivity contribution in [3.05, 3.63) is 102 Å². The number of anilines is 1. The topological polar surface area (TPSA) is 64.9 Å². The minimum Gasteiger partial charge on any atom is -0.399 e. The van der Waals surface area contributed by atoms with Crippen LogP contribution in [0.1, 0.15) is 17.5 Å². The molecular formula is C27H21N3S. The van der Waals surface area contributed by atoms with Crippen molar-refractivity contribution in [3.63, 3.8) is 0 Å². The average Bonchev–Trinajstić information content (AvgIpc) is 3.24. The number of thiazole rings is 1. The number of nitrogens with zero attached hydrogens (tertiary/aromatic N) is 1. The third kappa shape index (κ3) is 4.15. The van der Waals surface area contributed by atoms with Gasteiger partial charge in [-0.15, -0.1) is 11.3 Å². The average molecular weight is 420 g/mol. The summed E-state index contributed by atoms with van der Waals surface area (Å²) in [5.74, 6) is 6.47. The number of fused-ring (bicyclic) bond motifs is 1. The lowest BCUT2D eigenvalue weighted by molar-refractivity contribution is 0.686. The molecule has 3 nitrogen and oxygen atoms in total. The van der Waals surface area contributed by atoms with E-state index in [0.717, 1.165) is 38.5 Å². The smallest absolute Gasteiger partial charge is 0.124 e. The second-order valence-electron chi connectivity index (χ2n) is 7.67. The molecule has 0 saturated heterocycles. The number of hydrogen-bond acceptors (Lipinski definition) is 4. The highest BCUT2D eigenvalue weighted by Crippen LogP contribution is 2.30. The van der Waals surface area contributed by atoms with E-state index in [1.54, 1.807) is 11.3 Å². The predicted molar refractivity (Wildman–Crippen MR) is 131 cm³/mol. The van der Waals surface area contributed by atoms with Crippen molar-refractivity contribution in [1.82, 2.24) is 4.98 Å². The maximum atomic E-state index is 6.50. The van der Waals surface area contributed by atoms with Crippen LogP contribution in [-0.2, 0) is 0 Å². The minimum absolute atomic E-state index is 0.664. The summed E-state index contributed by atoms with van der Waals surface area (Å²) in [6, 6.07) is 24.3. The molecule has 1 aromatic heterocycles. The van der Waals surface area contributed by atoms with Gasteiger partial charge in [-0.1, -0.05) is 66.5 Å². The van der Waals surface area contributed by atoms with E-state index in [4.69, 9.17) is 16.5 Å². The summed E-state index contributed by atoms with van der Waals surface area (Å²) < 4.78 is 1.20. The standard InChI is InChI=1S/C27H21N3S/c28-23-11-9-20(10-12-23)21-14-17-27(29,18-15-21)16-13-19-5-7-22(8-6-19)26-30-24-3-1-2-4-25(24)31-26/h1-12,14-15,17H,18,28-29H2. The Morgan fingerprint density at radius 1 is 0.903 bits per heavy atom. The van der Waals surface area contributed by atoms with E-state index in [0.29, 0.717) is 6.42 Å². The molecule has 4 aromatic rings. The third-order valence-corrected chi connectivity index (χ3v) is 6.41. The molecule has 0 saturated carbocycles. The summed E-state index contributed by atoms with van der Waals surface area (Å²) in [7, 11) is 0. The summed E-state index contributed by atoms with van der Waals surface area (Å²) in [6.07, 6.45) is 6.83. The van der Waals surface area contributed by atoms with Gasteiger partial charge in [-0.25, -0.2) is 4.98 Å². The number of para-hydroxylation sites is 1. The van der Waals surface area contributed by atoms with E-state index < -0.39 is 5.54 Å². The van der Waals surface area contributed by atoms with Crippen molar-refractivity contribution < 1.29 is 0 Å². The summed E-state index contributed by atoms with van der Waals surface area (Å²) in [6.45, 7) is 0. The molecule has 150 valence electrons. The van der Waals surface area contributed by atoms with E-state index in [1.165, 1.54) is 4.70 Å². The van der Waals surface area contributed by atoms with Crippen LogP contribution in [0, 0.1) is 11.8 Å². The van der Waals surface area contributed by atoms with E-state index in [2.05, 4.69) is 36.1 Å². The van der Waals surface area contributed by atoms with E-state index in [-0.39, 0.29) is 0 Å². The molecule has 1 heterocycles. The number of nitrogens with two attached hydrogens (primary N) is 2. The molecule has 5 rings (SSSR count). The van der Waals surface area contributed by atoms with E-state index >= 15 is 0 Å². The first-order valence-electron chi connectivity index (χ1n) is 10.1. The molecule has 1 aliphatic carbocycles. The first-order chi connectivity index (χ1) is 15.1. The Hall–Kier alpha value is -3.65. The van der Waals surface area contributed by atoms with Crippen LogP contribution in [0.2, 0.25) is 0 Å². The van der Waals surface area contributed by atoms with Gasteiger partial charge in [0.25, 0.3) is 0 Å². The number of aromatic nitrogens is 1. The lowest BCUT2D eigenvalue weighted by Gasteiger charge is -2.22. The quantitative estimate of drug-likeness (QED) is 0.326. The zero-order valence-corrected chi connectivity index (χ0v) is 17.7. The van der Waals surface area contributed by atoms with Gasteiger partial charge in [0.2, 0.25) is 0 Å². The van der Waals surface area contributed by atoms with Crippen LogP contribution in [0.25, 0.3) is 26.4 Å². The first kappa shape index (κ1) is 19.3. The molecule has 1 unspecified atom stereocenters. The SMILES string of the molecule is Nc1ccc(C2=CCC(N)(C#Cc3ccc(-c4nc5ccccc5s4)cc3)C=C2)cc1. The van der Waals surface area contributed by atoms with Gasteiger partial charge in [0, 0.05) is 16.8 Å². The summed E-state index contributed by atoms with van der Waals surface area (Å²) in [4.78, 5) is 4.72. The third-order valence-electron chi connectivity index (χ3n) is 5.33. The molecule has 1 aliphatic rings. The van der Waals surface area contributed by atoms with Gasteiger partial charge in [-0.2, -0.15) is 0 Å². The van der Waals surface area contributed by atoms with Gasteiger partial charge in [0.05, 0.1) is 10.2 Å². The Morgan fingerprint density at radius 3 is 2.35 bits per heavy atom. The Labute approximate surface area is 185 Å². The number of benzene rings is 3. The Morgan fingerprint density at radius 2 is 1.65 bits per heavy atom. The van der Waals surface area contributed by atoms with E-state index in [1.807, 2.05) is 66.7 Å². The zero-order valence-electron chi connectivity index (χ0n) is 16.9. The highest BCUT2D eigenvalue weighted by Gasteiger charge is 2.20. The van der Waals surface area contributed by atoms with Gasteiger partial charge in [0.15, 0.2) is 0 Å². The summed E-state index contributed by atoms with van der Waals surface area (Å²) in [5.41, 5.74) is 17.7. The van der Waals surface area contributed by atoms with Gasteiger partial charge >= 0.3 is 0 Å². The van der Waals surface area contributed by atoms with Crippen LogP contribution >= 0.6 is 11.3 Å². The van der Waals surface area contributed by atoms with Gasteiger partial charge < -0.3 is 11.5 Å². The van der Waals surface area contributed by atoms with Crippen molar-refractivity contribution in [2.24, 2.45) is 5.73 Å². The molecule has 0 radical (unpaired) electrons. The maximum Gasteiger partial charge on any atom is 0.124 e. The van der Waals surface area contributed by atoms with Crippen molar-refractivity contribution in [1.29, 1.82) is 0 Å². The summed E-state index contributed by atoms with van der Waals surface area (Å²) >= 11 is 1.70. The number of nitrogen functional groups attached to an aromatic ring is 1. The highest BCUT2D eigenvalue weighted by molar-refractivity contribution is 7.21. The molecular weight excluding hydrogens is 398 g/mol. The van der Waals surface area contributed by atoms with Crippen molar-refractivity contribution in [3.8, 4) is 22.4 Å². The normalized spacial score (nSPS) is 17.8. The van der Waals surface area contributed by atoms with Gasteiger partial charge in [0.1, 0.15) is 10.5 Å². The van der Waals surface area contributed by atoms with Crippen molar-refractivity contribution in [2.75, 3.05) is 5.73 Å². The molecule has 4 N–H and O–H groups in total. The Balaban J connectivity index is 1.31. The monoisotopic (exact) mass is 419 g/mol. The maximum absolute atomic E-state index is 6.50. The Kier molecular flexibility index (Phi) is 4.91. The van der Waals surface area contributed by atoms with E-state index in [9.17, 15) is 0 Å². The second kappa shape index (κ2) is 7.88. The molecule has 0 aliphatic heterocycles. The predicted octanol–water partition coefficient (Wildman–Crippen LogP) is 5.64. The van der Waals surface area contributed by atoms with Gasteiger partial charge in [-0.3, -0.25) is 0 Å².